The summed E-state index contributed by atoms with van der Waals surface area (Å²) in [6.07, 6.45) is -4.61. The molecule has 33 heavy (non-hydrogen) atoms. The number of halogens is 3. The molecule has 6 nitrogen and oxygen atoms in total. The molecule has 2 aliphatic heterocycles. The number of hydrogen-bond acceptors (Lipinski definition) is 6. The number of hydrogen-bond donors (Lipinski definition) is 1. The average Bonchev–Trinajstić information content (AvgIpc) is 3.18. The van der Waals surface area contributed by atoms with Crippen molar-refractivity contribution in [3.63, 3.8) is 0 Å². The van der Waals surface area contributed by atoms with Crippen LogP contribution in [0.4, 0.5) is 24.5 Å². The molecule has 0 bridgehead atoms. The molecule has 0 spiro atoms. The van der Waals surface area contributed by atoms with E-state index in [4.69, 9.17) is 0 Å². The van der Waals surface area contributed by atoms with Crippen molar-refractivity contribution in [3.05, 3.63) is 59.2 Å². The normalized spacial score (nSPS) is 21.4. The lowest BCUT2D eigenvalue weighted by Crippen LogP contribution is -2.37. The number of nitrogens with zero attached hydrogens (tertiary/aromatic N) is 2. The second-order valence-electron chi connectivity index (χ2n) is 8.24. The summed E-state index contributed by atoms with van der Waals surface area (Å²) in [7, 11) is -3.15. The standard InChI is InChI=1S/C22H22F3N3O3S2/c1-13-7-14(2)9-15(8-13)28(21-27-18-11-33(30,31)12-19(18)32-21)10-20(29)26-17-6-4-3-5-16(17)22(23,24)25/h3-9,18-19H,10-12H2,1-2H3,(H,26,29). The maximum atomic E-state index is 13.3. The lowest BCUT2D eigenvalue weighted by Gasteiger charge is -2.25. The fourth-order valence-corrected chi connectivity index (χ4v) is 7.80. The second-order valence-corrected chi connectivity index (χ2v) is 11.6. The highest BCUT2D eigenvalue weighted by atomic mass is 32.2. The van der Waals surface area contributed by atoms with Gasteiger partial charge in [0.05, 0.1) is 28.8 Å². The first-order valence-corrected chi connectivity index (χ1v) is 12.9. The Morgan fingerprint density at radius 1 is 1.15 bits per heavy atom. The Morgan fingerprint density at radius 3 is 2.45 bits per heavy atom. The van der Waals surface area contributed by atoms with Crippen LogP contribution in [0.3, 0.4) is 0 Å². The number of rotatable bonds is 4. The lowest BCUT2D eigenvalue weighted by molar-refractivity contribution is -0.137. The molecule has 1 N–H and O–H groups in total. The first kappa shape index (κ1) is 23.6. The maximum Gasteiger partial charge on any atom is 0.418 e. The third-order valence-electron chi connectivity index (χ3n) is 5.36. The summed E-state index contributed by atoms with van der Waals surface area (Å²) in [6, 6.07) is 10.1. The monoisotopic (exact) mass is 497 g/mol. The van der Waals surface area contributed by atoms with Gasteiger partial charge in [-0.15, -0.1) is 0 Å². The molecule has 0 radical (unpaired) electrons. The number of benzene rings is 2. The third-order valence-corrected chi connectivity index (χ3v) is 8.61. The van der Waals surface area contributed by atoms with E-state index in [2.05, 4.69) is 10.3 Å². The molecule has 1 amide bonds. The van der Waals surface area contributed by atoms with Gasteiger partial charge in [-0.3, -0.25) is 9.79 Å². The minimum absolute atomic E-state index is 0.0151. The van der Waals surface area contributed by atoms with Crippen LogP contribution in [0.25, 0.3) is 0 Å². The van der Waals surface area contributed by atoms with Crippen LogP contribution in [-0.4, -0.2) is 48.8 Å². The molecule has 2 aromatic carbocycles. The largest absolute Gasteiger partial charge is 0.418 e. The van der Waals surface area contributed by atoms with Gasteiger partial charge >= 0.3 is 6.18 Å². The third kappa shape index (κ3) is 5.35. The highest BCUT2D eigenvalue weighted by molar-refractivity contribution is 8.15. The van der Waals surface area contributed by atoms with Gasteiger partial charge in [0.25, 0.3) is 0 Å². The van der Waals surface area contributed by atoms with Crippen LogP contribution >= 0.6 is 11.8 Å². The van der Waals surface area contributed by atoms with Crippen molar-refractivity contribution in [2.24, 2.45) is 4.99 Å². The number of amidine groups is 1. The van der Waals surface area contributed by atoms with Crippen LogP contribution in [0.15, 0.2) is 47.5 Å². The molecule has 0 aliphatic carbocycles. The molecule has 1 fully saturated rings. The van der Waals surface area contributed by atoms with E-state index >= 15 is 0 Å². The molecular formula is C22H22F3N3O3S2. The number of alkyl halides is 3. The van der Waals surface area contributed by atoms with E-state index in [-0.39, 0.29) is 29.0 Å². The molecule has 1 saturated heterocycles. The van der Waals surface area contributed by atoms with E-state index in [0.29, 0.717) is 10.9 Å². The van der Waals surface area contributed by atoms with E-state index in [1.807, 2.05) is 32.0 Å². The first-order valence-electron chi connectivity index (χ1n) is 10.2. The van der Waals surface area contributed by atoms with E-state index in [9.17, 15) is 26.4 Å². The highest BCUT2D eigenvalue weighted by Gasteiger charge is 2.44. The quantitative estimate of drug-likeness (QED) is 0.690. The maximum absolute atomic E-state index is 13.3. The Bertz CT molecular complexity index is 1210. The van der Waals surface area contributed by atoms with Crippen molar-refractivity contribution < 1.29 is 26.4 Å². The second kappa shape index (κ2) is 8.68. The number of nitrogens with one attached hydrogen (secondary N) is 1. The fourth-order valence-electron chi connectivity index (χ4n) is 4.02. The molecule has 0 aromatic heterocycles. The number of anilines is 2. The van der Waals surface area contributed by atoms with Crippen LogP contribution in [-0.2, 0) is 20.8 Å². The zero-order valence-corrected chi connectivity index (χ0v) is 19.5. The Kier molecular flexibility index (Phi) is 6.21. The van der Waals surface area contributed by atoms with Crippen molar-refractivity contribution in [1.82, 2.24) is 0 Å². The van der Waals surface area contributed by atoms with Gasteiger partial charge in [0, 0.05) is 10.9 Å². The summed E-state index contributed by atoms with van der Waals surface area (Å²) in [5.74, 6) is -0.667. The Labute approximate surface area is 194 Å². The number of para-hydroxylation sites is 1. The van der Waals surface area contributed by atoms with Crippen molar-refractivity contribution in [3.8, 4) is 0 Å². The van der Waals surface area contributed by atoms with Crippen LogP contribution in [0.5, 0.6) is 0 Å². The van der Waals surface area contributed by atoms with Crippen molar-refractivity contribution in [1.29, 1.82) is 0 Å². The van der Waals surface area contributed by atoms with Gasteiger partial charge in [-0.1, -0.05) is 30.0 Å². The van der Waals surface area contributed by atoms with Crippen LogP contribution in [0, 0.1) is 13.8 Å². The number of amides is 1. The van der Waals surface area contributed by atoms with Crippen molar-refractivity contribution in [2.45, 2.75) is 31.3 Å². The zero-order valence-electron chi connectivity index (χ0n) is 17.9. The number of carbonyl (C=O) groups excluding carboxylic acids is 1. The molecule has 2 atom stereocenters. The van der Waals surface area contributed by atoms with Crippen LogP contribution in [0.2, 0.25) is 0 Å². The summed E-state index contributed by atoms with van der Waals surface area (Å²) < 4.78 is 63.8. The predicted octanol–water partition coefficient (Wildman–Crippen LogP) is 4.04. The van der Waals surface area contributed by atoms with Crippen LogP contribution < -0.4 is 10.2 Å². The minimum atomic E-state index is -4.61. The number of sulfone groups is 1. The Morgan fingerprint density at radius 2 is 1.82 bits per heavy atom. The molecule has 0 saturated carbocycles. The number of carbonyl (C=O) groups is 1. The van der Waals surface area contributed by atoms with Gasteiger partial charge < -0.3 is 10.2 Å². The summed E-state index contributed by atoms with van der Waals surface area (Å²) in [6.45, 7) is 3.53. The SMILES string of the molecule is Cc1cc(C)cc(N(CC(=O)Nc2ccccc2C(F)(F)F)C2=NC3CS(=O)(=O)CC3S2)c1. The molecule has 2 unspecified atom stereocenters. The van der Waals surface area contributed by atoms with E-state index < -0.39 is 33.5 Å². The first-order chi connectivity index (χ1) is 15.4. The van der Waals surface area contributed by atoms with Gasteiger partial charge in [0.1, 0.15) is 6.54 Å². The molecule has 4 rings (SSSR count). The summed E-state index contributed by atoms with van der Waals surface area (Å²) >= 11 is 1.29. The summed E-state index contributed by atoms with van der Waals surface area (Å²) in [4.78, 5) is 19.1. The van der Waals surface area contributed by atoms with Gasteiger partial charge in [-0.2, -0.15) is 13.2 Å². The number of fused-ring (bicyclic) bond motifs is 1. The van der Waals surface area contributed by atoms with Crippen molar-refractivity contribution in [2.75, 3.05) is 28.3 Å². The topological polar surface area (TPSA) is 78.8 Å². The van der Waals surface area contributed by atoms with E-state index in [1.54, 1.807) is 4.90 Å². The lowest BCUT2D eigenvalue weighted by atomic mass is 10.1. The molecular weight excluding hydrogens is 475 g/mol. The number of aryl methyl sites for hydroxylation is 2. The Balaban J connectivity index is 1.62. The van der Waals surface area contributed by atoms with E-state index in [0.717, 1.165) is 17.2 Å². The zero-order chi connectivity index (χ0) is 24.0. The van der Waals surface area contributed by atoms with Gasteiger partial charge in [-0.05, 0) is 49.2 Å². The van der Waals surface area contributed by atoms with Crippen LogP contribution in [0.1, 0.15) is 16.7 Å². The fraction of sp³-hybridized carbons (Fsp3) is 0.364. The smallest absolute Gasteiger partial charge is 0.324 e. The Hall–Kier alpha value is -2.53. The van der Waals surface area contributed by atoms with Gasteiger partial charge in [0.15, 0.2) is 15.0 Å². The predicted molar refractivity (Wildman–Crippen MR) is 125 cm³/mol. The summed E-state index contributed by atoms with van der Waals surface area (Å²) in [5.41, 5.74) is 1.32. The van der Waals surface area contributed by atoms with Crippen molar-refractivity contribution >= 4 is 44.0 Å². The number of aliphatic imine (C=N–C) groups is 1. The molecule has 176 valence electrons. The molecule has 11 heteroatoms. The average molecular weight is 498 g/mol. The molecule has 2 aromatic rings. The van der Waals surface area contributed by atoms with Gasteiger partial charge in [0.2, 0.25) is 5.91 Å². The highest BCUT2D eigenvalue weighted by Crippen LogP contribution is 2.38. The molecule has 2 aliphatic rings. The minimum Gasteiger partial charge on any atom is -0.324 e. The summed E-state index contributed by atoms with van der Waals surface area (Å²) in [5, 5.41) is 2.63. The van der Waals surface area contributed by atoms with E-state index in [1.165, 1.54) is 30.0 Å². The number of thioether (sulfide) groups is 1. The molecule has 2 heterocycles. The van der Waals surface area contributed by atoms with Gasteiger partial charge in [-0.25, -0.2) is 8.42 Å².